The molecule has 1 aliphatic heterocycles. The SMILES string of the molecule is CC(C)(C)N(CCS(C)(=O)=O)CC(=O)Nc1cccc(S(=O)(=O)N2CCCC2)c1. The summed E-state index contributed by atoms with van der Waals surface area (Å²) in [7, 11) is -6.71. The van der Waals surface area contributed by atoms with Crippen molar-refractivity contribution >= 4 is 31.5 Å². The molecule has 1 N–H and O–H groups in total. The minimum atomic E-state index is -3.56. The Kier molecular flexibility index (Phi) is 7.47. The first-order chi connectivity index (χ1) is 13.3. The molecule has 2 rings (SSSR count). The summed E-state index contributed by atoms with van der Waals surface area (Å²) in [6.45, 7) is 6.99. The van der Waals surface area contributed by atoms with Gasteiger partial charge in [-0.15, -0.1) is 0 Å². The van der Waals surface area contributed by atoms with Crippen LogP contribution in [-0.2, 0) is 24.7 Å². The van der Waals surface area contributed by atoms with E-state index in [4.69, 9.17) is 0 Å². The Labute approximate surface area is 174 Å². The molecule has 0 atom stereocenters. The van der Waals surface area contributed by atoms with E-state index >= 15 is 0 Å². The van der Waals surface area contributed by atoms with E-state index in [9.17, 15) is 21.6 Å². The molecule has 1 aromatic rings. The normalized spacial score (nSPS) is 16.3. The predicted octanol–water partition coefficient (Wildman–Crippen LogP) is 1.55. The second-order valence-corrected chi connectivity index (χ2v) is 12.6. The lowest BCUT2D eigenvalue weighted by Crippen LogP contribution is -2.47. The van der Waals surface area contributed by atoms with Crippen molar-refractivity contribution in [3.63, 3.8) is 0 Å². The fourth-order valence-corrected chi connectivity index (χ4v) is 5.23. The predicted molar refractivity (Wildman–Crippen MR) is 114 cm³/mol. The van der Waals surface area contributed by atoms with Crippen LogP contribution >= 0.6 is 0 Å². The summed E-state index contributed by atoms with van der Waals surface area (Å²) >= 11 is 0. The average molecular weight is 446 g/mol. The molecular formula is C19H31N3O5S2. The van der Waals surface area contributed by atoms with Gasteiger partial charge in [-0.3, -0.25) is 9.69 Å². The molecule has 0 spiro atoms. The van der Waals surface area contributed by atoms with Gasteiger partial charge in [0.2, 0.25) is 15.9 Å². The summed E-state index contributed by atoms with van der Waals surface area (Å²) in [6, 6.07) is 6.23. The van der Waals surface area contributed by atoms with Crippen LogP contribution in [0.3, 0.4) is 0 Å². The number of sulfonamides is 1. The van der Waals surface area contributed by atoms with E-state index in [1.165, 1.54) is 22.7 Å². The number of nitrogens with zero attached hydrogens (tertiary/aromatic N) is 2. The van der Waals surface area contributed by atoms with E-state index in [0.717, 1.165) is 12.8 Å². The van der Waals surface area contributed by atoms with Gasteiger partial charge in [-0.25, -0.2) is 16.8 Å². The number of sulfone groups is 1. The van der Waals surface area contributed by atoms with Crippen molar-refractivity contribution in [3.8, 4) is 0 Å². The molecule has 29 heavy (non-hydrogen) atoms. The molecule has 1 fully saturated rings. The van der Waals surface area contributed by atoms with Crippen molar-refractivity contribution < 1.29 is 21.6 Å². The molecular weight excluding hydrogens is 414 g/mol. The molecule has 1 aromatic carbocycles. The van der Waals surface area contributed by atoms with Crippen LogP contribution in [0, 0.1) is 0 Å². The van der Waals surface area contributed by atoms with E-state index in [-0.39, 0.29) is 29.6 Å². The third-order valence-electron chi connectivity index (χ3n) is 4.84. The largest absolute Gasteiger partial charge is 0.325 e. The van der Waals surface area contributed by atoms with Gasteiger partial charge in [0.15, 0.2) is 0 Å². The Morgan fingerprint density at radius 2 is 1.76 bits per heavy atom. The minimum absolute atomic E-state index is 0.00211. The van der Waals surface area contributed by atoms with Gasteiger partial charge in [-0.2, -0.15) is 4.31 Å². The highest BCUT2D eigenvalue weighted by molar-refractivity contribution is 7.90. The van der Waals surface area contributed by atoms with Crippen LogP contribution in [0.4, 0.5) is 5.69 Å². The highest BCUT2D eigenvalue weighted by Crippen LogP contribution is 2.23. The molecule has 0 saturated carbocycles. The molecule has 0 radical (unpaired) electrons. The molecule has 0 aromatic heterocycles. The van der Waals surface area contributed by atoms with Crippen LogP contribution in [0.15, 0.2) is 29.2 Å². The van der Waals surface area contributed by atoms with Gasteiger partial charge in [-0.1, -0.05) is 6.07 Å². The number of rotatable bonds is 8. The van der Waals surface area contributed by atoms with Gasteiger partial charge < -0.3 is 5.32 Å². The molecule has 0 unspecified atom stereocenters. The molecule has 0 aliphatic carbocycles. The second-order valence-electron chi connectivity index (χ2n) is 8.41. The van der Waals surface area contributed by atoms with E-state index in [1.54, 1.807) is 17.0 Å². The van der Waals surface area contributed by atoms with Gasteiger partial charge in [0.05, 0.1) is 17.2 Å². The number of amides is 1. The van der Waals surface area contributed by atoms with Crippen molar-refractivity contribution in [2.24, 2.45) is 0 Å². The first kappa shape index (κ1) is 23.8. The Bertz CT molecular complexity index is 931. The van der Waals surface area contributed by atoms with Gasteiger partial charge >= 0.3 is 0 Å². The highest BCUT2D eigenvalue weighted by Gasteiger charge is 2.28. The number of nitrogens with one attached hydrogen (secondary N) is 1. The summed E-state index contributed by atoms with van der Waals surface area (Å²) in [5, 5.41) is 2.73. The Balaban J connectivity index is 2.09. The molecule has 0 bridgehead atoms. The summed E-state index contributed by atoms with van der Waals surface area (Å²) < 4.78 is 49.9. The van der Waals surface area contributed by atoms with E-state index in [0.29, 0.717) is 18.8 Å². The highest BCUT2D eigenvalue weighted by atomic mass is 32.2. The fraction of sp³-hybridized carbons (Fsp3) is 0.632. The van der Waals surface area contributed by atoms with Crippen LogP contribution in [0.5, 0.6) is 0 Å². The van der Waals surface area contributed by atoms with Crippen LogP contribution in [0.2, 0.25) is 0 Å². The zero-order valence-corrected chi connectivity index (χ0v) is 19.1. The zero-order chi connectivity index (χ0) is 21.9. The molecule has 1 amide bonds. The van der Waals surface area contributed by atoms with Crippen LogP contribution in [-0.4, -0.2) is 75.7 Å². The lowest BCUT2D eigenvalue weighted by atomic mass is 10.1. The summed E-state index contributed by atoms with van der Waals surface area (Å²) in [5.41, 5.74) is -0.00423. The first-order valence-electron chi connectivity index (χ1n) is 9.62. The Hall–Kier alpha value is -1.49. The summed E-state index contributed by atoms with van der Waals surface area (Å²) in [4.78, 5) is 14.5. The molecule has 1 saturated heterocycles. The average Bonchev–Trinajstić information content (AvgIpc) is 3.12. The number of anilines is 1. The maximum Gasteiger partial charge on any atom is 0.243 e. The van der Waals surface area contributed by atoms with E-state index < -0.39 is 25.4 Å². The third-order valence-corrected chi connectivity index (χ3v) is 7.65. The van der Waals surface area contributed by atoms with Gasteiger partial charge in [0.1, 0.15) is 9.84 Å². The molecule has 10 heteroatoms. The van der Waals surface area contributed by atoms with Crippen LogP contribution in [0.25, 0.3) is 0 Å². The second kappa shape index (κ2) is 9.11. The Morgan fingerprint density at radius 1 is 1.14 bits per heavy atom. The molecule has 1 aliphatic rings. The molecule has 1 heterocycles. The van der Waals surface area contributed by atoms with Crippen molar-refractivity contribution in [1.29, 1.82) is 0 Å². The number of carbonyl (C=O) groups excluding carboxylic acids is 1. The van der Waals surface area contributed by atoms with Gasteiger partial charge in [-0.05, 0) is 51.8 Å². The zero-order valence-electron chi connectivity index (χ0n) is 17.5. The first-order valence-corrected chi connectivity index (χ1v) is 13.1. The van der Waals surface area contributed by atoms with Crippen LogP contribution < -0.4 is 5.32 Å². The van der Waals surface area contributed by atoms with Gasteiger partial charge in [0.25, 0.3) is 0 Å². The van der Waals surface area contributed by atoms with Crippen molar-refractivity contribution in [1.82, 2.24) is 9.21 Å². The van der Waals surface area contributed by atoms with Crippen molar-refractivity contribution in [3.05, 3.63) is 24.3 Å². The van der Waals surface area contributed by atoms with Crippen molar-refractivity contribution in [2.45, 2.75) is 44.0 Å². The molecule has 8 nitrogen and oxygen atoms in total. The maximum atomic E-state index is 12.7. The monoisotopic (exact) mass is 445 g/mol. The lowest BCUT2D eigenvalue weighted by Gasteiger charge is -2.34. The van der Waals surface area contributed by atoms with E-state index in [2.05, 4.69) is 5.32 Å². The minimum Gasteiger partial charge on any atom is -0.325 e. The number of benzene rings is 1. The Morgan fingerprint density at radius 3 is 2.31 bits per heavy atom. The topological polar surface area (TPSA) is 104 Å². The number of hydrogen-bond acceptors (Lipinski definition) is 6. The number of carbonyl (C=O) groups is 1. The van der Waals surface area contributed by atoms with Crippen LogP contribution in [0.1, 0.15) is 33.6 Å². The van der Waals surface area contributed by atoms with Gasteiger partial charge in [0, 0.05) is 37.1 Å². The van der Waals surface area contributed by atoms with E-state index in [1.807, 2.05) is 20.8 Å². The quantitative estimate of drug-likeness (QED) is 0.651. The smallest absolute Gasteiger partial charge is 0.243 e. The standard InChI is InChI=1S/C19H31N3O5S2/c1-19(2,3)21(12-13-28(4,24)25)15-18(23)20-16-8-7-9-17(14-16)29(26,27)22-10-5-6-11-22/h7-9,14H,5-6,10-13,15H2,1-4H3,(H,20,23). The summed E-state index contributed by atoms with van der Waals surface area (Å²) in [5.74, 6) is -0.370. The number of hydrogen-bond donors (Lipinski definition) is 1. The third kappa shape index (κ3) is 7.06. The molecule has 164 valence electrons. The lowest BCUT2D eigenvalue weighted by molar-refractivity contribution is -0.118. The maximum absolute atomic E-state index is 12.7. The van der Waals surface area contributed by atoms with Crippen molar-refractivity contribution in [2.75, 3.05) is 43.5 Å². The summed E-state index contributed by atoms with van der Waals surface area (Å²) in [6.07, 6.45) is 2.87. The fourth-order valence-electron chi connectivity index (χ4n) is 3.11.